The van der Waals surface area contributed by atoms with Crippen LogP contribution in [0.3, 0.4) is 0 Å². The van der Waals surface area contributed by atoms with E-state index in [-0.39, 0.29) is 18.7 Å². The summed E-state index contributed by atoms with van der Waals surface area (Å²) in [5, 5.41) is 11.6. The van der Waals surface area contributed by atoms with E-state index in [4.69, 9.17) is 5.21 Å². The van der Waals surface area contributed by atoms with Crippen molar-refractivity contribution in [2.45, 2.75) is 6.42 Å². The van der Waals surface area contributed by atoms with E-state index in [0.29, 0.717) is 5.06 Å². The van der Waals surface area contributed by atoms with Gasteiger partial charge in [-0.1, -0.05) is 6.07 Å². The molecule has 0 saturated carbocycles. The number of nitrogens with one attached hydrogen (secondary N) is 1. The zero-order chi connectivity index (χ0) is 13.3. The van der Waals surface area contributed by atoms with Crippen molar-refractivity contribution in [1.82, 2.24) is 5.06 Å². The molecular weight excluding hydrogens is 246 g/mol. The number of carbonyl (C=O) groups is 2. The molecule has 0 aromatic heterocycles. The van der Waals surface area contributed by atoms with Crippen molar-refractivity contribution in [3.8, 4) is 0 Å². The van der Waals surface area contributed by atoms with Crippen LogP contribution in [0, 0.1) is 17.6 Å². The maximum absolute atomic E-state index is 13.3. The molecule has 2 rings (SSSR count). The van der Waals surface area contributed by atoms with Gasteiger partial charge in [0.1, 0.15) is 5.92 Å². The lowest BCUT2D eigenvalue weighted by Crippen LogP contribution is -2.31. The maximum Gasteiger partial charge on any atom is 0.258 e. The molecule has 0 bridgehead atoms. The monoisotopic (exact) mass is 256 g/mol. The van der Waals surface area contributed by atoms with Gasteiger partial charge in [-0.2, -0.15) is 0 Å². The van der Waals surface area contributed by atoms with Gasteiger partial charge in [-0.25, -0.2) is 13.8 Å². The van der Waals surface area contributed by atoms with E-state index in [0.717, 1.165) is 6.07 Å². The average molecular weight is 256 g/mol. The molecule has 1 atom stereocenters. The predicted octanol–water partition coefficient (Wildman–Crippen LogP) is 1.14. The zero-order valence-corrected chi connectivity index (χ0v) is 9.19. The number of anilines is 1. The smallest absolute Gasteiger partial charge is 0.258 e. The lowest BCUT2D eigenvalue weighted by atomic mass is 10.1. The molecule has 1 heterocycles. The average Bonchev–Trinajstić information content (AvgIpc) is 2.66. The van der Waals surface area contributed by atoms with Crippen molar-refractivity contribution in [2.75, 3.05) is 11.9 Å². The number of halogens is 2. The minimum Gasteiger partial charge on any atom is -0.323 e. The Morgan fingerprint density at radius 3 is 2.78 bits per heavy atom. The summed E-state index contributed by atoms with van der Waals surface area (Å²) in [6.07, 6.45) is 0.137. The molecule has 0 unspecified atom stereocenters. The normalized spacial score (nSPS) is 19.2. The summed E-state index contributed by atoms with van der Waals surface area (Å²) in [5.74, 6) is -4.85. The summed E-state index contributed by atoms with van der Waals surface area (Å²) in [7, 11) is 0. The second kappa shape index (κ2) is 4.69. The van der Waals surface area contributed by atoms with Gasteiger partial charge in [0, 0.05) is 6.54 Å². The van der Waals surface area contributed by atoms with E-state index < -0.39 is 29.4 Å². The van der Waals surface area contributed by atoms with E-state index in [1.54, 1.807) is 0 Å². The largest absolute Gasteiger partial charge is 0.323 e. The van der Waals surface area contributed by atoms with Gasteiger partial charge in [0.2, 0.25) is 5.91 Å². The van der Waals surface area contributed by atoms with Crippen molar-refractivity contribution < 1.29 is 23.6 Å². The van der Waals surface area contributed by atoms with Crippen LogP contribution in [0.1, 0.15) is 6.42 Å². The molecule has 1 aromatic carbocycles. The van der Waals surface area contributed by atoms with Crippen LogP contribution < -0.4 is 5.32 Å². The Balaban J connectivity index is 2.12. The highest BCUT2D eigenvalue weighted by Crippen LogP contribution is 2.21. The fourth-order valence-corrected chi connectivity index (χ4v) is 1.73. The van der Waals surface area contributed by atoms with Gasteiger partial charge in [0.15, 0.2) is 11.6 Å². The minimum absolute atomic E-state index is 0.0442. The van der Waals surface area contributed by atoms with Crippen molar-refractivity contribution in [1.29, 1.82) is 0 Å². The molecule has 96 valence electrons. The first kappa shape index (κ1) is 12.4. The number of nitrogens with zero attached hydrogens (tertiary/aromatic N) is 1. The molecule has 1 aliphatic heterocycles. The first-order valence-electron chi connectivity index (χ1n) is 5.26. The summed E-state index contributed by atoms with van der Waals surface area (Å²) in [6, 6.07) is 3.34. The number of hydrogen-bond acceptors (Lipinski definition) is 3. The lowest BCUT2D eigenvalue weighted by Gasteiger charge is -2.10. The highest BCUT2D eigenvalue weighted by molar-refractivity contribution is 6.07. The zero-order valence-electron chi connectivity index (χ0n) is 9.19. The molecule has 1 aliphatic rings. The van der Waals surface area contributed by atoms with Gasteiger partial charge in [0.05, 0.1) is 5.69 Å². The van der Waals surface area contributed by atoms with Crippen molar-refractivity contribution >= 4 is 17.5 Å². The van der Waals surface area contributed by atoms with Crippen molar-refractivity contribution in [3.05, 3.63) is 29.8 Å². The molecule has 5 nitrogen and oxygen atoms in total. The number of carbonyl (C=O) groups excluding carboxylic acids is 2. The van der Waals surface area contributed by atoms with Gasteiger partial charge in [-0.3, -0.25) is 14.8 Å². The SMILES string of the molecule is O=C(Nc1cccc(F)c1F)[C@@H]1CCN(O)C1=O. The Kier molecular flexibility index (Phi) is 3.24. The summed E-state index contributed by atoms with van der Waals surface area (Å²) >= 11 is 0. The van der Waals surface area contributed by atoms with Gasteiger partial charge in [-0.15, -0.1) is 0 Å². The second-order valence-corrected chi connectivity index (χ2v) is 3.89. The lowest BCUT2D eigenvalue weighted by molar-refractivity contribution is -0.160. The third-order valence-electron chi connectivity index (χ3n) is 2.71. The fraction of sp³-hybridized carbons (Fsp3) is 0.273. The van der Waals surface area contributed by atoms with Crippen molar-refractivity contribution in [2.24, 2.45) is 5.92 Å². The topological polar surface area (TPSA) is 69.6 Å². The van der Waals surface area contributed by atoms with E-state index in [1.165, 1.54) is 12.1 Å². The summed E-state index contributed by atoms with van der Waals surface area (Å²) < 4.78 is 26.2. The molecule has 2 N–H and O–H groups in total. The Morgan fingerprint density at radius 2 is 2.17 bits per heavy atom. The Bertz CT molecular complexity index is 507. The van der Waals surface area contributed by atoms with Crippen LogP contribution >= 0.6 is 0 Å². The minimum atomic E-state index is -1.18. The Hall–Kier alpha value is -2.02. The molecule has 2 amide bonds. The van der Waals surface area contributed by atoms with Crippen LogP contribution in [0.15, 0.2) is 18.2 Å². The summed E-state index contributed by atoms with van der Waals surface area (Å²) in [5.41, 5.74) is -0.329. The fourth-order valence-electron chi connectivity index (χ4n) is 1.73. The Labute approximate surface area is 101 Å². The number of benzene rings is 1. The van der Waals surface area contributed by atoms with E-state index in [2.05, 4.69) is 5.32 Å². The molecule has 7 heteroatoms. The van der Waals surface area contributed by atoms with Crippen LogP contribution in [-0.2, 0) is 9.59 Å². The van der Waals surface area contributed by atoms with Gasteiger partial charge in [-0.05, 0) is 18.6 Å². The van der Waals surface area contributed by atoms with Crippen molar-refractivity contribution in [3.63, 3.8) is 0 Å². The molecule has 0 spiro atoms. The maximum atomic E-state index is 13.3. The third-order valence-corrected chi connectivity index (χ3v) is 2.71. The molecule has 1 fully saturated rings. The van der Waals surface area contributed by atoms with Gasteiger partial charge in [0.25, 0.3) is 5.91 Å². The predicted molar refractivity (Wildman–Crippen MR) is 56.6 cm³/mol. The van der Waals surface area contributed by atoms with Crippen LogP contribution in [0.4, 0.5) is 14.5 Å². The number of rotatable bonds is 2. The number of hydrogen-bond donors (Lipinski definition) is 2. The van der Waals surface area contributed by atoms with E-state index in [1.807, 2.05) is 0 Å². The molecule has 1 aromatic rings. The third kappa shape index (κ3) is 2.17. The number of amides is 2. The quantitative estimate of drug-likeness (QED) is 0.615. The molecule has 18 heavy (non-hydrogen) atoms. The molecule has 0 aliphatic carbocycles. The first-order valence-corrected chi connectivity index (χ1v) is 5.26. The summed E-state index contributed by atoms with van der Waals surface area (Å²) in [6.45, 7) is 0.0442. The number of hydroxylamine groups is 2. The van der Waals surface area contributed by atoms with Gasteiger partial charge < -0.3 is 5.32 Å². The molecular formula is C11H10F2N2O3. The van der Waals surface area contributed by atoms with Crippen LogP contribution in [-0.4, -0.2) is 28.6 Å². The molecule has 0 radical (unpaired) electrons. The first-order chi connectivity index (χ1) is 8.50. The standard InChI is InChI=1S/C11H10F2N2O3/c12-7-2-1-3-8(9(7)13)14-10(16)6-4-5-15(18)11(6)17/h1-3,6,18H,4-5H2,(H,14,16)/t6-/m0/s1. The van der Waals surface area contributed by atoms with Crippen LogP contribution in [0.5, 0.6) is 0 Å². The Morgan fingerprint density at radius 1 is 1.44 bits per heavy atom. The highest BCUT2D eigenvalue weighted by Gasteiger charge is 2.36. The van der Waals surface area contributed by atoms with Gasteiger partial charge >= 0.3 is 0 Å². The second-order valence-electron chi connectivity index (χ2n) is 3.89. The highest BCUT2D eigenvalue weighted by atomic mass is 19.2. The van der Waals surface area contributed by atoms with Crippen LogP contribution in [0.2, 0.25) is 0 Å². The summed E-state index contributed by atoms with van der Waals surface area (Å²) in [4.78, 5) is 23.0. The molecule has 1 saturated heterocycles. The van der Waals surface area contributed by atoms with E-state index in [9.17, 15) is 18.4 Å². The van der Waals surface area contributed by atoms with E-state index >= 15 is 0 Å². The van der Waals surface area contributed by atoms with Crippen LogP contribution in [0.25, 0.3) is 0 Å².